The number of hydrogen-bond donors (Lipinski definition) is 2. The second-order valence-electron chi connectivity index (χ2n) is 3.90. The predicted octanol–water partition coefficient (Wildman–Crippen LogP) is 2.72. The van der Waals surface area contributed by atoms with Gasteiger partial charge in [-0.15, -0.1) is 0 Å². The number of aromatic nitrogens is 2. The number of hydrogen-bond acceptors (Lipinski definition) is 2. The molecule has 1 heterocycles. The van der Waals surface area contributed by atoms with Gasteiger partial charge in [-0.2, -0.15) is 0 Å². The molecule has 4 nitrogen and oxygen atoms in total. The third kappa shape index (κ3) is 4.58. The fourth-order valence-corrected chi connectivity index (χ4v) is 1.65. The Labute approximate surface area is 114 Å². The number of imidazole rings is 1. The Morgan fingerprint density at radius 2 is 2.05 bits per heavy atom. The molecule has 0 saturated heterocycles. The number of aromatic amines is 1. The second kappa shape index (κ2) is 8.08. The van der Waals surface area contributed by atoms with Gasteiger partial charge in [-0.1, -0.05) is 32.0 Å². The molecule has 0 spiro atoms. The molecule has 19 heavy (non-hydrogen) atoms. The molecule has 4 heteroatoms. The maximum Gasteiger partial charge on any atom is 0.251 e. The number of carbonyl (C=O) groups is 1. The smallest absolute Gasteiger partial charge is 0.251 e. The van der Waals surface area contributed by atoms with E-state index < -0.39 is 0 Å². The first-order valence-corrected chi connectivity index (χ1v) is 6.58. The Bertz CT molecular complexity index is 492. The number of carbonyl (C=O) groups excluding carboxylic acids is 1. The highest BCUT2D eigenvalue weighted by molar-refractivity contribution is 5.95. The molecule has 102 valence electrons. The van der Waals surface area contributed by atoms with Crippen LogP contribution in [0.5, 0.6) is 0 Å². The van der Waals surface area contributed by atoms with Crippen molar-refractivity contribution in [3.63, 3.8) is 0 Å². The van der Waals surface area contributed by atoms with Crippen molar-refractivity contribution in [1.29, 1.82) is 0 Å². The van der Waals surface area contributed by atoms with E-state index in [0.717, 1.165) is 23.2 Å². The largest absolute Gasteiger partial charge is 0.352 e. The molecular formula is C15H21N3O. The standard InChI is InChI=1S/C13H15N3O.C2H6/c1-10-4-2-3-5-12(10)13(17)15-7-6-11-8-14-9-16-11;1-2/h2-5,8-9H,6-7H2,1H3,(H,14,16)(H,15,17);1-2H3. The van der Waals surface area contributed by atoms with Gasteiger partial charge in [0.15, 0.2) is 0 Å². The molecule has 0 aliphatic carbocycles. The monoisotopic (exact) mass is 259 g/mol. The summed E-state index contributed by atoms with van der Waals surface area (Å²) in [4.78, 5) is 18.8. The van der Waals surface area contributed by atoms with E-state index in [4.69, 9.17) is 0 Å². The lowest BCUT2D eigenvalue weighted by atomic mass is 10.1. The summed E-state index contributed by atoms with van der Waals surface area (Å²) in [5.41, 5.74) is 2.75. The van der Waals surface area contributed by atoms with Gasteiger partial charge in [0.2, 0.25) is 0 Å². The third-order valence-electron chi connectivity index (χ3n) is 2.62. The van der Waals surface area contributed by atoms with Crippen LogP contribution < -0.4 is 5.32 Å². The first-order chi connectivity index (χ1) is 9.27. The number of benzene rings is 1. The highest BCUT2D eigenvalue weighted by Gasteiger charge is 2.06. The summed E-state index contributed by atoms with van der Waals surface area (Å²) >= 11 is 0. The van der Waals surface area contributed by atoms with Crippen LogP contribution in [-0.2, 0) is 6.42 Å². The van der Waals surface area contributed by atoms with E-state index >= 15 is 0 Å². The average Bonchev–Trinajstić information content (AvgIpc) is 2.94. The number of nitrogens with zero attached hydrogens (tertiary/aromatic N) is 1. The van der Waals surface area contributed by atoms with E-state index in [1.54, 1.807) is 12.5 Å². The molecule has 2 N–H and O–H groups in total. The highest BCUT2D eigenvalue weighted by Crippen LogP contribution is 2.06. The molecule has 0 atom stereocenters. The molecule has 0 radical (unpaired) electrons. The summed E-state index contributed by atoms with van der Waals surface area (Å²) in [7, 11) is 0. The zero-order valence-electron chi connectivity index (χ0n) is 11.7. The fourth-order valence-electron chi connectivity index (χ4n) is 1.65. The fraction of sp³-hybridized carbons (Fsp3) is 0.333. The SMILES string of the molecule is CC.Cc1ccccc1C(=O)NCCc1cnc[nH]1. The average molecular weight is 259 g/mol. The van der Waals surface area contributed by atoms with E-state index in [0.29, 0.717) is 6.54 Å². The van der Waals surface area contributed by atoms with E-state index in [1.165, 1.54) is 0 Å². The molecule has 2 rings (SSSR count). The summed E-state index contributed by atoms with van der Waals surface area (Å²) in [6.07, 6.45) is 4.16. The van der Waals surface area contributed by atoms with Crippen molar-refractivity contribution in [3.05, 3.63) is 53.6 Å². The van der Waals surface area contributed by atoms with E-state index in [9.17, 15) is 4.79 Å². The number of H-pyrrole nitrogens is 1. The molecule has 1 amide bonds. The number of amides is 1. The van der Waals surface area contributed by atoms with Gasteiger partial charge >= 0.3 is 0 Å². The lowest BCUT2D eigenvalue weighted by molar-refractivity contribution is 0.0953. The summed E-state index contributed by atoms with van der Waals surface area (Å²) in [6, 6.07) is 7.57. The molecule has 0 aliphatic heterocycles. The van der Waals surface area contributed by atoms with Crippen LogP contribution in [0.25, 0.3) is 0 Å². The van der Waals surface area contributed by atoms with E-state index in [2.05, 4.69) is 15.3 Å². The highest BCUT2D eigenvalue weighted by atomic mass is 16.1. The Kier molecular flexibility index (Phi) is 6.36. The van der Waals surface area contributed by atoms with Crippen LogP contribution in [0.3, 0.4) is 0 Å². The summed E-state index contributed by atoms with van der Waals surface area (Å²) in [5.74, 6) is -0.0254. The summed E-state index contributed by atoms with van der Waals surface area (Å²) < 4.78 is 0. The molecule has 0 unspecified atom stereocenters. The van der Waals surface area contributed by atoms with Gasteiger partial charge < -0.3 is 10.3 Å². The maximum atomic E-state index is 11.9. The molecular weight excluding hydrogens is 238 g/mol. The Morgan fingerprint density at radius 3 is 2.68 bits per heavy atom. The van der Waals surface area contributed by atoms with E-state index in [-0.39, 0.29) is 5.91 Å². The molecule has 0 aliphatic rings. The van der Waals surface area contributed by atoms with Gasteiger partial charge in [-0.25, -0.2) is 4.98 Å². The zero-order chi connectivity index (χ0) is 14.1. The van der Waals surface area contributed by atoms with Crippen molar-refractivity contribution >= 4 is 5.91 Å². The minimum Gasteiger partial charge on any atom is -0.352 e. The summed E-state index contributed by atoms with van der Waals surface area (Å²) in [5, 5.41) is 2.89. The predicted molar refractivity (Wildman–Crippen MR) is 77.2 cm³/mol. The van der Waals surface area contributed by atoms with Crippen molar-refractivity contribution in [1.82, 2.24) is 15.3 Å². The Balaban J connectivity index is 0.000000861. The van der Waals surface area contributed by atoms with Crippen molar-refractivity contribution < 1.29 is 4.79 Å². The lowest BCUT2D eigenvalue weighted by Gasteiger charge is -2.06. The zero-order valence-corrected chi connectivity index (χ0v) is 11.7. The molecule has 1 aromatic heterocycles. The number of aryl methyl sites for hydroxylation is 1. The summed E-state index contributed by atoms with van der Waals surface area (Å²) in [6.45, 7) is 6.54. The van der Waals surface area contributed by atoms with Gasteiger partial charge in [-0.05, 0) is 18.6 Å². The van der Waals surface area contributed by atoms with Gasteiger partial charge in [-0.3, -0.25) is 4.79 Å². The van der Waals surface area contributed by atoms with Gasteiger partial charge in [0.1, 0.15) is 0 Å². The molecule has 0 bridgehead atoms. The van der Waals surface area contributed by atoms with Crippen LogP contribution in [0.15, 0.2) is 36.8 Å². The van der Waals surface area contributed by atoms with Crippen LogP contribution in [0.1, 0.15) is 35.5 Å². The van der Waals surface area contributed by atoms with E-state index in [1.807, 2.05) is 45.0 Å². The second-order valence-corrected chi connectivity index (χ2v) is 3.90. The first kappa shape index (κ1) is 15.0. The van der Waals surface area contributed by atoms with Crippen LogP contribution in [-0.4, -0.2) is 22.4 Å². The minimum absolute atomic E-state index is 0.0254. The van der Waals surface area contributed by atoms with Crippen LogP contribution in [0.2, 0.25) is 0 Å². The quantitative estimate of drug-likeness (QED) is 0.887. The lowest BCUT2D eigenvalue weighted by Crippen LogP contribution is -2.26. The van der Waals surface area contributed by atoms with Crippen molar-refractivity contribution in [2.45, 2.75) is 27.2 Å². The van der Waals surface area contributed by atoms with Crippen molar-refractivity contribution in [2.75, 3.05) is 6.54 Å². The normalized spacial score (nSPS) is 9.42. The Hall–Kier alpha value is -2.10. The first-order valence-electron chi connectivity index (χ1n) is 6.58. The molecule has 0 fully saturated rings. The van der Waals surface area contributed by atoms with Crippen molar-refractivity contribution in [2.24, 2.45) is 0 Å². The third-order valence-corrected chi connectivity index (χ3v) is 2.62. The maximum absolute atomic E-state index is 11.9. The van der Waals surface area contributed by atoms with Crippen molar-refractivity contribution in [3.8, 4) is 0 Å². The Morgan fingerprint density at radius 1 is 1.32 bits per heavy atom. The molecule has 0 saturated carbocycles. The number of rotatable bonds is 4. The molecule has 1 aromatic carbocycles. The minimum atomic E-state index is -0.0254. The van der Waals surface area contributed by atoms with Gasteiger partial charge in [0.05, 0.1) is 6.33 Å². The van der Waals surface area contributed by atoms with Gasteiger partial charge in [0.25, 0.3) is 5.91 Å². The molecule has 2 aromatic rings. The van der Waals surface area contributed by atoms with Gasteiger partial charge in [0, 0.05) is 30.4 Å². The number of nitrogens with one attached hydrogen (secondary N) is 2. The topological polar surface area (TPSA) is 57.8 Å². The van der Waals surface area contributed by atoms with Crippen LogP contribution in [0, 0.1) is 6.92 Å². The van der Waals surface area contributed by atoms with Crippen LogP contribution in [0.4, 0.5) is 0 Å². The van der Waals surface area contributed by atoms with Crippen LogP contribution >= 0.6 is 0 Å².